The lowest BCUT2D eigenvalue weighted by atomic mass is 10.0. The lowest BCUT2D eigenvalue weighted by molar-refractivity contribution is 0.129. The van der Waals surface area contributed by atoms with Crippen LogP contribution in [0.3, 0.4) is 0 Å². The average Bonchev–Trinajstić information content (AvgIpc) is 2.38. The Bertz CT molecular complexity index is 423. The van der Waals surface area contributed by atoms with Crippen molar-refractivity contribution in [3.8, 4) is 0 Å². The smallest absolute Gasteiger partial charge is 0.0452 e. The predicted octanol–water partition coefficient (Wildman–Crippen LogP) is 3.96. The summed E-state index contributed by atoms with van der Waals surface area (Å²) in [6.45, 7) is 7.49. The monoisotopic (exact) mass is 300 g/mol. The standard InChI is InChI=1S/C15H22Cl2N2/c1-3-4-14-10-19(11(2)8-18-14)9-12-7-13(16)5-6-15(12)17/h5-7,11,14,18H,3-4,8-10H2,1-2H3. The zero-order valence-electron chi connectivity index (χ0n) is 11.6. The van der Waals surface area contributed by atoms with Crippen molar-refractivity contribution in [3.05, 3.63) is 33.8 Å². The van der Waals surface area contributed by atoms with Crippen molar-refractivity contribution in [2.45, 2.75) is 45.3 Å². The second-order valence-corrected chi connectivity index (χ2v) is 6.25. The fourth-order valence-electron chi connectivity index (χ4n) is 2.64. The first-order chi connectivity index (χ1) is 9.10. The lowest BCUT2D eigenvalue weighted by Crippen LogP contribution is -2.54. The van der Waals surface area contributed by atoms with Crippen molar-refractivity contribution in [1.29, 1.82) is 0 Å². The summed E-state index contributed by atoms with van der Waals surface area (Å²) in [5.41, 5.74) is 1.12. The molecule has 4 heteroatoms. The summed E-state index contributed by atoms with van der Waals surface area (Å²) in [5.74, 6) is 0. The van der Waals surface area contributed by atoms with Crippen molar-refractivity contribution in [1.82, 2.24) is 10.2 Å². The molecule has 1 N–H and O–H groups in total. The summed E-state index contributed by atoms with van der Waals surface area (Å²) in [5, 5.41) is 5.18. The van der Waals surface area contributed by atoms with Gasteiger partial charge in [0.15, 0.2) is 0 Å². The topological polar surface area (TPSA) is 15.3 Å². The van der Waals surface area contributed by atoms with E-state index in [1.807, 2.05) is 18.2 Å². The Hall–Kier alpha value is -0.280. The van der Waals surface area contributed by atoms with Gasteiger partial charge in [-0.25, -0.2) is 0 Å². The van der Waals surface area contributed by atoms with E-state index in [2.05, 4.69) is 24.1 Å². The zero-order chi connectivity index (χ0) is 13.8. The number of hydrogen-bond donors (Lipinski definition) is 1. The van der Waals surface area contributed by atoms with E-state index in [1.54, 1.807) is 0 Å². The Morgan fingerprint density at radius 3 is 2.89 bits per heavy atom. The molecule has 1 aliphatic rings. The molecule has 106 valence electrons. The molecule has 1 aromatic carbocycles. The summed E-state index contributed by atoms with van der Waals surface area (Å²) in [4.78, 5) is 2.49. The van der Waals surface area contributed by atoms with Crippen LogP contribution in [-0.2, 0) is 6.54 Å². The molecule has 0 spiro atoms. The highest BCUT2D eigenvalue weighted by Crippen LogP contribution is 2.23. The van der Waals surface area contributed by atoms with Gasteiger partial charge in [-0.3, -0.25) is 4.90 Å². The summed E-state index contributed by atoms with van der Waals surface area (Å²) in [7, 11) is 0. The van der Waals surface area contributed by atoms with Gasteiger partial charge in [0.1, 0.15) is 0 Å². The summed E-state index contributed by atoms with van der Waals surface area (Å²) >= 11 is 12.3. The van der Waals surface area contributed by atoms with Gasteiger partial charge in [-0.1, -0.05) is 36.5 Å². The molecule has 0 amide bonds. The molecule has 1 saturated heterocycles. The largest absolute Gasteiger partial charge is 0.311 e. The van der Waals surface area contributed by atoms with Crippen LogP contribution in [0.5, 0.6) is 0 Å². The third-order valence-corrected chi connectivity index (χ3v) is 4.40. The lowest BCUT2D eigenvalue weighted by Gasteiger charge is -2.39. The molecule has 19 heavy (non-hydrogen) atoms. The van der Waals surface area contributed by atoms with Crippen molar-refractivity contribution in [3.63, 3.8) is 0 Å². The van der Waals surface area contributed by atoms with Gasteiger partial charge >= 0.3 is 0 Å². The van der Waals surface area contributed by atoms with E-state index in [9.17, 15) is 0 Å². The number of halogens is 2. The first kappa shape index (κ1) is 15.1. The molecule has 1 fully saturated rings. The number of nitrogens with zero attached hydrogens (tertiary/aromatic N) is 1. The Morgan fingerprint density at radius 1 is 1.37 bits per heavy atom. The maximum Gasteiger partial charge on any atom is 0.0452 e. The number of hydrogen-bond acceptors (Lipinski definition) is 2. The maximum absolute atomic E-state index is 6.26. The van der Waals surface area contributed by atoms with Crippen LogP contribution in [0, 0.1) is 0 Å². The first-order valence-corrected chi connectivity index (χ1v) is 7.77. The van der Waals surface area contributed by atoms with E-state index < -0.39 is 0 Å². The average molecular weight is 301 g/mol. The summed E-state index contributed by atoms with van der Waals surface area (Å²) in [6, 6.07) is 6.83. The van der Waals surface area contributed by atoms with Crippen LogP contribution in [0.2, 0.25) is 10.0 Å². The summed E-state index contributed by atoms with van der Waals surface area (Å²) in [6.07, 6.45) is 2.45. The third kappa shape index (κ3) is 4.09. The van der Waals surface area contributed by atoms with Crippen LogP contribution in [0.4, 0.5) is 0 Å². The normalized spacial score (nSPS) is 24.6. The van der Waals surface area contributed by atoms with E-state index in [1.165, 1.54) is 12.8 Å². The Kier molecular flexibility index (Phi) is 5.52. The van der Waals surface area contributed by atoms with E-state index >= 15 is 0 Å². The highest BCUT2D eigenvalue weighted by Gasteiger charge is 2.24. The van der Waals surface area contributed by atoms with E-state index in [-0.39, 0.29) is 0 Å². The molecule has 0 saturated carbocycles. The van der Waals surface area contributed by atoms with Crippen molar-refractivity contribution in [2.75, 3.05) is 13.1 Å². The molecule has 0 aliphatic carbocycles. The van der Waals surface area contributed by atoms with Gasteiger partial charge in [0.05, 0.1) is 0 Å². The fourth-order valence-corrected chi connectivity index (χ4v) is 3.01. The second-order valence-electron chi connectivity index (χ2n) is 5.41. The molecule has 2 nitrogen and oxygen atoms in total. The van der Waals surface area contributed by atoms with Crippen LogP contribution in [0.15, 0.2) is 18.2 Å². The fraction of sp³-hybridized carbons (Fsp3) is 0.600. The second kappa shape index (κ2) is 6.94. The quantitative estimate of drug-likeness (QED) is 0.905. The van der Waals surface area contributed by atoms with E-state index in [4.69, 9.17) is 23.2 Å². The molecule has 1 heterocycles. The van der Waals surface area contributed by atoms with Gasteiger partial charge in [0, 0.05) is 41.8 Å². The molecule has 0 radical (unpaired) electrons. The van der Waals surface area contributed by atoms with Gasteiger partial charge in [-0.2, -0.15) is 0 Å². The highest BCUT2D eigenvalue weighted by molar-refractivity contribution is 6.33. The number of nitrogens with one attached hydrogen (secondary N) is 1. The molecular weight excluding hydrogens is 279 g/mol. The van der Waals surface area contributed by atoms with Gasteiger partial charge in [-0.15, -0.1) is 0 Å². The molecule has 1 aliphatic heterocycles. The summed E-state index contributed by atoms with van der Waals surface area (Å²) < 4.78 is 0. The van der Waals surface area contributed by atoms with Gasteiger partial charge in [0.25, 0.3) is 0 Å². The van der Waals surface area contributed by atoms with Crippen LogP contribution in [-0.4, -0.2) is 30.1 Å². The molecule has 0 bridgehead atoms. The Labute approximate surface area is 126 Å². The third-order valence-electron chi connectivity index (χ3n) is 3.80. The minimum absolute atomic E-state index is 0.531. The number of benzene rings is 1. The molecule has 2 atom stereocenters. The van der Waals surface area contributed by atoms with Crippen LogP contribution in [0.25, 0.3) is 0 Å². The molecule has 2 rings (SSSR count). The van der Waals surface area contributed by atoms with Crippen LogP contribution < -0.4 is 5.32 Å². The number of piperazine rings is 1. The minimum atomic E-state index is 0.531. The van der Waals surface area contributed by atoms with Crippen molar-refractivity contribution < 1.29 is 0 Å². The van der Waals surface area contributed by atoms with Gasteiger partial charge in [0.2, 0.25) is 0 Å². The minimum Gasteiger partial charge on any atom is -0.311 e. The van der Waals surface area contributed by atoms with Crippen molar-refractivity contribution >= 4 is 23.2 Å². The highest BCUT2D eigenvalue weighted by atomic mass is 35.5. The maximum atomic E-state index is 6.26. The van der Waals surface area contributed by atoms with Gasteiger partial charge in [-0.05, 0) is 37.1 Å². The van der Waals surface area contributed by atoms with E-state index in [0.29, 0.717) is 12.1 Å². The molecule has 2 unspecified atom stereocenters. The van der Waals surface area contributed by atoms with E-state index in [0.717, 1.165) is 35.2 Å². The molecule has 0 aromatic heterocycles. The molecular formula is C15H22Cl2N2. The van der Waals surface area contributed by atoms with Crippen LogP contribution >= 0.6 is 23.2 Å². The SMILES string of the molecule is CCCC1CN(Cc2cc(Cl)ccc2Cl)C(C)CN1. The van der Waals surface area contributed by atoms with Crippen molar-refractivity contribution in [2.24, 2.45) is 0 Å². The predicted molar refractivity (Wildman–Crippen MR) is 83.0 cm³/mol. The molecule has 1 aromatic rings. The van der Waals surface area contributed by atoms with Crippen LogP contribution in [0.1, 0.15) is 32.3 Å². The Morgan fingerprint density at radius 2 is 2.16 bits per heavy atom. The van der Waals surface area contributed by atoms with Gasteiger partial charge < -0.3 is 5.32 Å². The zero-order valence-corrected chi connectivity index (χ0v) is 13.1. The first-order valence-electron chi connectivity index (χ1n) is 7.01. The number of rotatable bonds is 4. The Balaban J connectivity index is 2.05.